The maximum atomic E-state index is 11.4. The van der Waals surface area contributed by atoms with E-state index in [0.29, 0.717) is 13.0 Å². The number of carbonyl (C=O) groups is 1. The second-order valence-corrected chi connectivity index (χ2v) is 9.24. The number of hydrogen-bond donors (Lipinski definition) is 2. The molecule has 0 amide bonds. The molecule has 176 valence electrons. The summed E-state index contributed by atoms with van der Waals surface area (Å²) in [6.07, 6.45) is 17.6. The van der Waals surface area contributed by atoms with Crippen LogP contribution in [0.5, 0.6) is 0 Å². The summed E-state index contributed by atoms with van der Waals surface area (Å²) in [5, 5.41) is 21.7. The van der Waals surface area contributed by atoms with Crippen LogP contribution in [-0.4, -0.2) is 34.5 Å². The summed E-state index contributed by atoms with van der Waals surface area (Å²) >= 11 is 0. The highest BCUT2D eigenvalue weighted by Crippen LogP contribution is 2.37. The molecule has 0 spiro atoms. The Labute approximate surface area is 185 Å². The van der Waals surface area contributed by atoms with Crippen molar-refractivity contribution in [3.8, 4) is 0 Å². The molecular weight excluding hydrogens is 376 g/mol. The van der Waals surface area contributed by atoms with E-state index >= 15 is 0 Å². The van der Waals surface area contributed by atoms with Gasteiger partial charge in [-0.3, -0.25) is 4.79 Å². The number of esters is 1. The van der Waals surface area contributed by atoms with Crippen LogP contribution in [0.3, 0.4) is 0 Å². The molecular formula is C26H48O4. The molecule has 1 aliphatic rings. The zero-order chi connectivity index (χ0) is 22.2. The largest absolute Gasteiger partial charge is 0.466 e. The number of rotatable bonds is 17. The van der Waals surface area contributed by atoms with Crippen molar-refractivity contribution in [3.63, 3.8) is 0 Å². The maximum absolute atomic E-state index is 11.4. The molecule has 1 unspecified atom stereocenters. The first-order chi connectivity index (χ1) is 14.5. The number of aliphatic hydroxyl groups is 2. The quantitative estimate of drug-likeness (QED) is 0.159. The Kier molecular flexibility index (Phi) is 14.4. The lowest BCUT2D eigenvalue weighted by Crippen LogP contribution is -2.28. The Balaban J connectivity index is 2.47. The van der Waals surface area contributed by atoms with Crippen LogP contribution in [0.1, 0.15) is 124 Å². The van der Waals surface area contributed by atoms with Gasteiger partial charge in [-0.1, -0.05) is 76.9 Å². The van der Waals surface area contributed by atoms with Crippen molar-refractivity contribution in [1.82, 2.24) is 0 Å². The van der Waals surface area contributed by atoms with Gasteiger partial charge in [0, 0.05) is 12.3 Å². The SMILES string of the molecule is CCCCCC(O)(CC=C1CC[C@H](O)[C@@H]1CCCCCCC(=O)OCC)CCCC. The van der Waals surface area contributed by atoms with E-state index in [1.807, 2.05) is 6.92 Å². The molecule has 0 heterocycles. The number of aliphatic hydroxyl groups excluding tert-OH is 1. The van der Waals surface area contributed by atoms with Gasteiger partial charge in [0.25, 0.3) is 0 Å². The van der Waals surface area contributed by atoms with Gasteiger partial charge in [-0.15, -0.1) is 0 Å². The first-order valence-electron chi connectivity index (χ1n) is 12.7. The van der Waals surface area contributed by atoms with Gasteiger partial charge in [0.15, 0.2) is 0 Å². The summed E-state index contributed by atoms with van der Waals surface area (Å²) in [5.74, 6) is 0.157. The molecule has 1 rings (SSSR count). The monoisotopic (exact) mass is 424 g/mol. The molecule has 0 saturated heterocycles. The first-order valence-corrected chi connectivity index (χ1v) is 12.7. The van der Waals surface area contributed by atoms with Crippen molar-refractivity contribution >= 4 is 5.97 Å². The van der Waals surface area contributed by atoms with Crippen molar-refractivity contribution in [3.05, 3.63) is 11.6 Å². The van der Waals surface area contributed by atoms with E-state index < -0.39 is 5.60 Å². The molecule has 2 N–H and O–H groups in total. The van der Waals surface area contributed by atoms with Gasteiger partial charge in [-0.2, -0.15) is 0 Å². The van der Waals surface area contributed by atoms with Gasteiger partial charge in [-0.25, -0.2) is 0 Å². The second-order valence-electron chi connectivity index (χ2n) is 9.24. The third kappa shape index (κ3) is 10.9. The van der Waals surface area contributed by atoms with Crippen molar-refractivity contribution in [1.29, 1.82) is 0 Å². The highest BCUT2D eigenvalue weighted by atomic mass is 16.5. The summed E-state index contributed by atoms with van der Waals surface area (Å²) in [5.41, 5.74) is 0.781. The van der Waals surface area contributed by atoms with Gasteiger partial charge < -0.3 is 14.9 Å². The third-order valence-corrected chi connectivity index (χ3v) is 6.61. The van der Waals surface area contributed by atoms with Gasteiger partial charge in [0.05, 0.1) is 18.3 Å². The minimum atomic E-state index is -0.580. The highest BCUT2D eigenvalue weighted by molar-refractivity contribution is 5.69. The van der Waals surface area contributed by atoms with Crippen LogP contribution in [0.4, 0.5) is 0 Å². The molecule has 1 aliphatic carbocycles. The normalized spacial score (nSPS) is 22.4. The zero-order valence-electron chi connectivity index (χ0n) is 20.0. The minimum Gasteiger partial charge on any atom is -0.466 e. The van der Waals surface area contributed by atoms with E-state index in [-0.39, 0.29) is 18.0 Å². The van der Waals surface area contributed by atoms with Crippen LogP contribution in [0.2, 0.25) is 0 Å². The summed E-state index contributed by atoms with van der Waals surface area (Å²) < 4.78 is 4.97. The topological polar surface area (TPSA) is 66.8 Å². The molecule has 4 heteroatoms. The average Bonchev–Trinajstić information content (AvgIpc) is 3.07. The molecule has 4 nitrogen and oxygen atoms in total. The highest BCUT2D eigenvalue weighted by Gasteiger charge is 2.31. The smallest absolute Gasteiger partial charge is 0.305 e. The molecule has 0 bridgehead atoms. The van der Waals surface area contributed by atoms with Gasteiger partial charge >= 0.3 is 5.97 Å². The van der Waals surface area contributed by atoms with Crippen molar-refractivity contribution in [2.24, 2.45) is 5.92 Å². The number of hydrogen-bond acceptors (Lipinski definition) is 4. The fraction of sp³-hybridized carbons (Fsp3) is 0.885. The summed E-state index contributed by atoms with van der Waals surface area (Å²) in [6.45, 7) is 6.68. The predicted octanol–water partition coefficient (Wildman–Crippen LogP) is 6.48. The number of carbonyl (C=O) groups excluding carboxylic acids is 1. The van der Waals surface area contributed by atoms with Crippen LogP contribution >= 0.6 is 0 Å². The van der Waals surface area contributed by atoms with Crippen molar-refractivity contribution in [2.75, 3.05) is 6.61 Å². The zero-order valence-corrected chi connectivity index (χ0v) is 20.0. The third-order valence-electron chi connectivity index (χ3n) is 6.61. The predicted molar refractivity (Wildman–Crippen MR) is 124 cm³/mol. The standard InChI is InChI=1S/C26H48O4/c1-4-7-13-20-26(29,19-8-5-2)21-18-22-16-17-24(27)23(22)14-11-9-10-12-15-25(28)30-6-3/h18,23-24,27,29H,4-17,19-21H2,1-3H3/t23-,24+,26?/m1/s1. The Bertz CT molecular complexity index is 487. The van der Waals surface area contributed by atoms with Crippen molar-refractivity contribution in [2.45, 2.75) is 135 Å². The Morgan fingerprint density at radius 1 is 1.03 bits per heavy atom. The summed E-state index contributed by atoms with van der Waals surface area (Å²) in [4.78, 5) is 11.4. The second kappa shape index (κ2) is 15.9. The molecule has 30 heavy (non-hydrogen) atoms. The minimum absolute atomic E-state index is 0.0940. The first kappa shape index (κ1) is 27.2. The van der Waals surface area contributed by atoms with Gasteiger partial charge in [0.1, 0.15) is 0 Å². The van der Waals surface area contributed by atoms with Gasteiger partial charge in [0.2, 0.25) is 0 Å². The van der Waals surface area contributed by atoms with Crippen LogP contribution in [0.15, 0.2) is 11.6 Å². The number of ether oxygens (including phenoxy) is 1. The molecule has 3 atom stereocenters. The summed E-state index contributed by atoms with van der Waals surface area (Å²) in [6, 6.07) is 0. The van der Waals surface area contributed by atoms with Gasteiger partial charge in [-0.05, 0) is 51.9 Å². The average molecular weight is 425 g/mol. The van der Waals surface area contributed by atoms with Crippen LogP contribution in [-0.2, 0) is 9.53 Å². The van der Waals surface area contributed by atoms with E-state index in [2.05, 4.69) is 19.9 Å². The lowest BCUT2D eigenvalue weighted by Gasteiger charge is -2.28. The van der Waals surface area contributed by atoms with E-state index in [9.17, 15) is 15.0 Å². The molecule has 0 aromatic rings. The molecule has 0 radical (unpaired) electrons. The summed E-state index contributed by atoms with van der Waals surface area (Å²) in [7, 11) is 0. The lowest BCUT2D eigenvalue weighted by molar-refractivity contribution is -0.143. The van der Waals surface area contributed by atoms with E-state index in [1.54, 1.807) is 0 Å². The fourth-order valence-electron chi connectivity index (χ4n) is 4.66. The Morgan fingerprint density at radius 3 is 2.43 bits per heavy atom. The Morgan fingerprint density at radius 2 is 1.73 bits per heavy atom. The fourth-order valence-corrected chi connectivity index (χ4v) is 4.66. The lowest BCUT2D eigenvalue weighted by atomic mass is 9.85. The molecule has 1 saturated carbocycles. The molecule has 0 aromatic heterocycles. The van der Waals surface area contributed by atoms with Crippen LogP contribution in [0, 0.1) is 5.92 Å². The van der Waals surface area contributed by atoms with E-state index in [4.69, 9.17) is 4.74 Å². The Hall–Kier alpha value is -0.870. The molecule has 0 aliphatic heterocycles. The maximum Gasteiger partial charge on any atom is 0.305 e. The van der Waals surface area contributed by atoms with Crippen LogP contribution < -0.4 is 0 Å². The van der Waals surface area contributed by atoms with E-state index in [0.717, 1.165) is 83.5 Å². The molecule has 0 aromatic carbocycles. The number of unbranched alkanes of at least 4 members (excludes halogenated alkanes) is 6. The van der Waals surface area contributed by atoms with Crippen LogP contribution in [0.25, 0.3) is 0 Å². The molecule has 1 fully saturated rings. The van der Waals surface area contributed by atoms with Crippen molar-refractivity contribution < 1.29 is 19.7 Å². The van der Waals surface area contributed by atoms with E-state index in [1.165, 1.54) is 18.4 Å².